The van der Waals surface area contributed by atoms with E-state index in [-0.39, 0.29) is 23.8 Å². The Bertz CT molecular complexity index is 680. The molecule has 1 saturated heterocycles. The number of nitrogens with zero attached hydrogens (tertiary/aromatic N) is 2. The molecule has 7 heteroatoms. The number of carboxylic acids is 1. The van der Waals surface area contributed by atoms with E-state index in [1.54, 1.807) is 29.2 Å². The van der Waals surface area contributed by atoms with Crippen LogP contribution in [0.3, 0.4) is 0 Å². The predicted molar refractivity (Wildman–Crippen MR) is 104 cm³/mol. The molecule has 1 aromatic rings. The Morgan fingerprint density at radius 1 is 1.22 bits per heavy atom. The number of hydrogen-bond acceptors (Lipinski definition) is 4. The molecule has 0 aromatic heterocycles. The third-order valence-electron chi connectivity index (χ3n) is 5.23. The van der Waals surface area contributed by atoms with Gasteiger partial charge in [0.1, 0.15) is 0 Å². The van der Waals surface area contributed by atoms with Gasteiger partial charge in [0.15, 0.2) is 0 Å². The number of piperidine rings is 1. The van der Waals surface area contributed by atoms with Crippen molar-refractivity contribution in [3.8, 4) is 0 Å². The minimum Gasteiger partial charge on any atom is -0.481 e. The van der Waals surface area contributed by atoms with E-state index in [0.717, 1.165) is 0 Å². The number of anilines is 1. The second kappa shape index (κ2) is 9.50. The first-order valence-corrected chi connectivity index (χ1v) is 9.54. The van der Waals surface area contributed by atoms with Gasteiger partial charge in [0.25, 0.3) is 5.91 Å². The number of amides is 2. The quantitative estimate of drug-likeness (QED) is 0.763. The maximum atomic E-state index is 12.6. The lowest BCUT2D eigenvalue weighted by Gasteiger charge is -2.33. The molecule has 1 aromatic carbocycles. The molecule has 1 aliphatic rings. The number of carbonyl (C=O) groups excluding carboxylic acids is 2. The fraction of sp³-hybridized carbons (Fsp3) is 0.550. The summed E-state index contributed by atoms with van der Waals surface area (Å²) in [6, 6.07) is 6.61. The molecule has 1 aliphatic heterocycles. The Balaban J connectivity index is 1.98. The van der Waals surface area contributed by atoms with Crippen LogP contribution in [-0.4, -0.2) is 64.9 Å². The molecule has 1 atom stereocenters. The van der Waals surface area contributed by atoms with Crippen molar-refractivity contribution in [3.05, 3.63) is 29.8 Å². The van der Waals surface area contributed by atoms with Crippen molar-refractivity contribution in [2.45, 2.75) is 39.7 Å². The highest BCUT2D eigenvalue weighted by Gasteiger charge is 2.29. The van der Waals surface area contributed by atoms with Crippen LogP contribution in [0.15, 0.2) is 24.3 Å². The predicted octanol–water partition coefficient (Wildman–Crippen LogP) is 2.29. The van der Waals surface area contributed by atoms with Crippen LogP contribution in [0.25, 0.3) is 0 Å². The molecule has 0 radical (unpaired) electrons. The Morgan fingerprint density at radius 3 is 2.41 bits per heavy atom. The van der Waals surface area contributed by atoms with Crippen LogP contribution in [0, 0.1) is 5.92 Å². The third-order valence-corrected chi connectivity index (χ3v) is 5.23. The summed E-state index contributed by atoms with van der Waals surface area (Å²) in [6.07, 6.45) is 1.11. The Kier molecular flexibility index (Phi) is 7.36. The molecule has 0 bridgehead atoms. The van der Waals surface area contributed by atoms with E-state index in [9.17, 15) is 14.4 Å². The maximum Gasteiger partial charge on any atom is 0.306 e. The Labute approximate surface area is 160 Å². The minimum atomic E-state index is -0.763. The summed E-state index contributed by atoms with van der Waals surface area (Å²) in [5, 5.41) is 12.0. The van der Waals surface area contributed by atoms with Gasteiger partial charge in [-0.15, -0.1) is 0 Å². The van der Waals surface area contributed by atoms with Gasteiger partial charge in [-0.25, -0.2) is 0 Å². The lowest BCUT2D eigenvalue weighted by atomic mass is 9.96. The maximum absolute atomic E-state index is 12.6. The Morgan fingerprint density at radius 2 is 1.85 bits per heavy atom. The fourth-order valence-corrected chi connectivity index (χ4v) is 3.37. The Hall–Kier alpha value is -2.41. The summed E-state index contributed by atoms with van der Waals surface area (Å²) >= 11 is 0. The number of carbonyl (C=O) groups is 3. The standard InChI is InChI=1S/C20H29N3O4/c1-4-22(5-2)19(25)16-7-6-8-17(13-16)21-18(24)14(3)23-11-9-15(10-12-23)20(26)27/h6-8,13-15H,4-5,9-12H2,1-3H3,(H,21,24)(H,26,27). The second-order valence-corrected chi connectivity index (χ2v) is 6.87. The first kappa shape index (κ1) is 20.9. The van der Waals surface area contributed by atoms with Crippen LogP contribution in [0.2, 0.25) is 0 Å². The highest BCUT2D eigenvalue weighted by molar-refractivity contribution is 5.98. The van der Waals surface area contributed by atoms with Gasteiger partial charge in [-0.2, -0.15) is 0 Å². The van der Waals surface area contributed by atoms with Crippen LogP contribution < -0.4 is 5.32 Å². The van der Waals surface area contributed by atoms with E-state index in [1.807, 2.05) is 25.7 Å². The molecule has 27 heavy (non-hydrogen) atoms. The first-order valence-electron chi connectivity index (χ1n) is 9.54. The molecule has 1 unspecified atom stereocenters. The van der Waals surface area contributed by atoms with E-state index in [2.05, 4.69) is 5.32 Å². The molecule has 1 heterocycles. The summed E-state index contributed by atoms with van der Waals surface area (Å²) in [5.74, 6) is -1.29. The monoisotopic (exact) mass is 375 g/mol. The van der Waals surface area contributed by atoms with Crippen molar-refractivity contribution in [2.75, 3.05) is 31.5 Å². The van der Waals surface area contributed by atoms with Crippen molar-refractivity contribution in [2.24, 2.45) is 5.92 Å². The number of rotatable bonds is 7. The molecule has 0 saturated carbocycles. The van der Waals surface area contributed by atoms with Crippen LogP contribution in [0.1, 0.15) is 44.0 Å². The zero-order valence-electron chi connectivity index (χ0n) is 16.3. The normalized spacial score (nSPS) is 16.6. The van der Waals surface area contributed by atoms with Crippen LogP contribution in [0.5, 0.6) is 0 Å². The van der Waals surface area contributed by atoms with Gasteiger partial charge in [-0.05, 0) is 64.9 Å². The zero-order valence-corrected chi connectivity index (χ0v) is 16.3. The first-order chi connectivity index (χ1) is 12.9. The summed E-state index contributed by atoms with van der Waals surface area (Å²) in [5.41, 5.74) is 1.14. The van der Waals surface area contributed by atoms with Gasteiger partial charge in [-0.1, -0.05) is 6.07 Å². The molecular weight excluding hydrogens is 346 g/mol. The van der Waals surface area contributed by atoms with Crippen molar-refractivity contribution in [1.82, 2.24) is 9.80 Å². The number of nitrogens with one attached hydrogen (secondary N) is 1. The van der Waals surface area contributed by atoms with E-state index in [1.165, 1.54) is 0 Å². The lowest BCUT2D eigenvalue weighted by Crippen LogP contribution is -2.47. The molecule has 2 rings (SSSR count). The van der Waals surface area contributed by atoms with Crippen molar-refractivity contribution in [3.63, 3.8) is 0 Å². The molecule has 0 spiro atoms. The van der Waals surface area contributed by atoms with Gasteiger partial charge in [0, 0.05) is 24.3 Å². The molecule has 7 nitrogen and oxygen atoms in total. The lowest BCUT2D eigenvalue weighted by molar-refractivity contribution is -0.143. The molecule has 2 N–H and O–H groups in total. The largest absolute Gasteiger partial charge is 0.481 e. The topological polar surface area (TPSA) is 90.0 Å². The van der Waals surface area contributed by atoms with Gasteiger partial charge in [-0.3, -0.25) is 19.3 Å². The summed E-state index contributed by atoms with van der Waals surface area (Å²) in [7, 11) is 0. The van der Waals surface area contributed by atoms with Gasteiger partial charge in [0.05, 0.1) is 12.0 Å². The van der Waals surface area contributed by atoms with Crippen molar-refractivity contribution in [1.29, 1.82) is 0 Å². The third kappa shape index (κ3) is 5.29. The molecule has 148 valence electrons. The highest BCUT2D eigenvalue weighted by atomic mass is 16.4. The zero-order chi connectivity index (χ0) is 20.0. The number of hydrogen-bond donors (Lipinski definition) is 2. The molecular formula is C20H29N3O4. The van der Waals surface area contributed by atoms with E-state index >= 15 is 0 Å². The smallest absolute Gasteiger partial charge is 0.306 e. The molecule has 0 aliphatic carbocycles. The van der Waals surface area contributed by atoms with E-state index < -0.39 is 5.97 Å². The van der Waals surface area contributed by atoms with Crippen molar-refractivity contribution < 1.29 is 19.5 Å². The number of likely N-dealkylation sites (tertiary alicyclic amines) is 1. The summed E-state index contributed by atoms with van der Waals surface area (Å²) in [4.78, 5) is 39.8. The van der Waals surface area contributed by atoms with Crippen LogP contribution in [-0.2, 0) is 9.59 Å². The van der Waals surface area contributed by atoms with Gasteiger partial charge in [0.2, 0.25) is 5.91 Å². The summed E-state index contributed by atoms with van der Waals surface area (Å²) in [6.45, 7) is 8.13. The van der Waals surface area contributed by atoms with Crippen LogP contribution >= 0.6 is 0 Å². The van der Waals surface area contributed by atoms with Crippen molar-refractivity contribution >= 4 is 23.5 Å². The minimum absolute atomic E-state index is 0.0557. The van der Waals surface area contributed by atoms with Gasteiger partial charge >= 0.3 is 5.97 Å². The van der Waals surface area contributed by atoms with E-state index in [4.69, 9.17) is 5.11 Å². The van der Waals surface area contributed by atoms with E-state index in [0.29, 0.717) is 50.3 Å². The second-order valence-electron chi connectivity index (χ2n) is 6.87. The molecule has 1 fully saturated rings. The van der Waals surface area contributed by atoms with Crippen LogP contribution in [0.4, 0.5) is 5.69 Å². The molecule has 2 amide bonds. The number of benzene rings is 1. The fourth-order valence-electron chi connectivity index (χ4n) is 3.37. The average molecular weight is 375 g/mol. The highest BCUT2D eigenvalue weighted by Crippen LogP contribution is 2.20. The number of carboxylic acid groups (broad SMARTS) is 1. The SMILES string of the molecule is CCN(CC)C(=O)c1cccc(NC(=O)C(C)N2CCC(C(=O)O)CC2)c1. The van der Waals surface area contributed by atoms with Gasteiger partial charge < -0.3 is 15.3 Å². The average Bonchev–Trinajstić information content (AvgIpc) is 2.68. The summed E-state index contributed by atoms with van der Waals surface area (Å²) < 4.78 is 0. The number of aliphatic carboxylic acids is 1.